The van der Waals surface area contributed by atoms with E-state index in [-0.39, 0.29) is 31.1 Å². The molecule has 0 bridgehead atoms. The van der Waals surface area contributed by atoms with Gasteiger partial charge in [0.05, 0.1) is 0 Å². The van der Waals surface area contributed by atoms with Crippen LogP contribution in [0.25, 0.3) is 0 Å². The average molecular weight is 1120 g/mol. The quantitative estimate of drug-likeness (QED) is 0.0261. The van der Waals surface area contributed by atoms with Gasteiger partial charge in [-0.15, -0.1) is 0 Å². The molecule has 6 heteroatoms. The Bertz CT molecular complexity index is 1810. The topological polar surface area (TPSA) is 78.9 Å². The van der Waals surface area contributed by atoms with Crippen LogP contribution >= 0.6 is 0 Å². The zero-order chi connectivity index (χ0) is 58.5. The van der Waals surface area contributed by atoms with Gasteiger partial charge in [-0.05, 0) is 148 Å². The zero-order valence-corrected chi connectivity index (χ0v) is 52.2. The van der Waals surface area contributed by atoms with E-state index in [1.165, 1.54) is 64.2 Å². The van der Waals surface area contributed by atoms with Gasteiger partial charge in [-0.1, -0.05) is 269 Å². The Labute approximate surface area is 499 Å². The molecule has 0 rings (SSSR count). The van der Waals surface area contributed by atoms with Gasteiger partial charge in [0.25, 0.3) is 0 Å². The number of carbonyl (C=O) groups is 3. The summed E-state index contributed by atoms with van der Waals surface area (Å²) in [6.07, 6.45) is 98.2. The van der Waals surface area contributed by atoms with E-state index in [1.54, 1.807) is 0 Å². The van der Waals surface area contributed by atoms with E-state index in [1.807, 2.05) is 0 Å². The summed E-state index contributed by atoms with van der Waals surface area (Å²) in [5.41, 5.74) is 0. The normalized spacial score (nSPS) is 13.2. The van der Waals surface area contributed by atoms with Crippen LogP contribution in [0.1, 0.15) is 278 Å². The van der Waals surface area contributed by atoms with Gasteiger partial charge in [-0.25, -0.2) is 0 Å². The van der Waals surface area contributed by atoms with Crippen molar-refractivity contribution in [3.05, 3.63) is 158 Å². The Morgan fingerprint density at radius 2 is 0.494 bits per heavy atom. The fraction of sp³-hybridized carbons (Fsp3) is 0.613. The Hall–Kier alpha value is -4.97. The van der Waals surface area contributed by atoms with Crippen LogP contribution < -0.4 is 0 Å². The lowest BCUT2D eigenvalue weighted by Crippen LogP contribution is -2.30. The van der Waals surface area contributed by atoms with Crippen LogP contribution in [0.4, 0.5) is 0 Å². The van der Waals surface area contributed by atoms with E-state index in [0.29, 0.717) is 19.3 Å². The number of ether oxygens (including phenoxy) is 3. The number of esters is 3. The molecule has 0 saturated heterocycles. The SMILES string of the molecule is CC/C=C\C/C=C\C/C=C\C/C=C\C/C=C\C/C=C\C/C=C\C/C=C\C/C=C\C/C=C\CCCCCCC(=O)OCC(COC(=O)CCCCCCC/C=C\CCCCCCC)OC(=O)CCCCCCC/C=C\C/C=C\CCCC. The first-order valence-corrected chi connectivity index (χ1v) is 33.0. The first kappa shape index (κ1) is 76.0. The first-order chi connectivity index (χ1) is 40.0. The minimum Gasteiger partial charge on any atom is -0.462 e. The van der Waals surface area contributed by atoms with E-state index in [0.717, 1.165) is 173 Å². The van der Waals surface area contributed by atoms with Crippen molar-refractivity contribution < 1.29 is 28.6 Å². The Balaban J connectivity index is 4.34. The largest absolute Gasteiger partial charge is 0.462 e. The summed E-state index contributed by atoms with van der Waals surface area (Å²) < 4.78 is 16.9. The van der Waals surface area contributed by atoms with E-state index in [2.05, 4.69) is 179 Å². The van der Waals surface area contributed by atoms with E-state index in [4.69, 9.17) is 14.2 Å². The summed E-state index contributed by atoms with van der Waals surface area (Å²) in [6.45, 7) is 6.43. The summed E-state index contributed by atoms with van der Waals surface area (Å²) in [5, 5.41) is 0. The minimum absolute atomic E-state index is 0.101. The van der Waals surface area contributed by atoms with Crippen LogP contribution in [0.3, 0.4) is 0 Å². The van der Waals surface area contributed by atoms with E-state index < -0.39 is 6.10 Å². The molecule has 0 aliphatic rings. The Morgan fingerprint density at radius 1 is 0.259 bits per heavy atom. The van der Waals surface area contributed by atoms with Gasteiger partial charge in [0, 0.05) is 19.3 Å². The van der Waals surface area contributed by atoms with Crippen molar-refractivity contribution in [2.45, 2.75) is 284 Å². The highest BCUT2D eigenvalue weighted by molar-refractivity contribution is 5.71. The van der Waals surface area contributed by atoms with Crippen LogP contribution in [0.15, 0.2) is 158 Å². The molecule has 0 aromatic carbocycles. The van der Waals surface area contributed by atoms with Crippen LogP contribution in [0, 0.1) is 0 Å². The smallest absolute Gasteiger partial charge is 0.306 e. The molecular weight excluding hydrogens is 997 g/mol. The van der Waals surface area contributed by atoms with Gasteiger partial charge < -0.3 is 14.2 Å². The third kappa shape index (κ3) is 65.7. The van der Waals surface area contributed by atoms with Crippen molar-refractivity contribution in [2.24, 2.45) is 0 Å². The van der Waals surface area contributed by atoms with Gasteiger partial charge in [0.15, 0.2) is 6.10 Å². The number of rotatable bonds is 58. The lowest BCUT2D eigenvalue weighted by molar-refractivity contribution is -0.167. The van der Waals surface area contributed by atoms with Crippen molar-refractivity contribution in [3.63, 3.8) is 0 Å². The molecular formula is C75H120O6. The standard InChI is InChI=1S/C75H120O6/c1-4-7-10-13-16-19-22-25-28-29-30-31-32-33-34-35-36-37-38-39-40-41-42-43-44-45-46-47-48-51-53-56-59-62-65-68-74(77)80-71-72(81-75(78)69-66-63-60-57-54-50-27-24-21-18-15-12-9-6-3)70-79-73(76)67-64-61-58-55-52-49-26-23-20-17-14-11-8-5-2/h7,10,15-16,18-19,23-28,30-31,33-34,36-37,39-40,42-43,45-46,48,51,72H,4-6,8-9,11-14,17,20-22,29,32,35,38,41,44,47,49-50,52-71H2,1-3H3/b10-7-,18-15-,19-16-,26-23-,27-24-,28-25-,31-30-,34-33-,37-36-,40-39-,43-42-,46-45-,51-48-. The maximum Gasteiger partial charge on any atom is 0.306 e. The van der Waals surface area contributed by atoms with Gasteiger partial charge >= 0.3 is 17.9 Å². The molecule has 0 aromatic heterocycles. The Kier molecular flexibility index (Phi) is 63.4. The highest BCUT2D eigenvalue weighted by Gasteiger charge is 2.19. The highest BCUT2D eigenvalue weighted by Crippen LogP contribution is 2.14. The number of allylic oxidation sites excluding steroid dienone is 26. The molecule has 0 aromatic rings. The molecule has 0 aliphatic heterocycles. The molecule has 0 saturated carbocycles. The molecule has 81 heavy (non-hydrogen) atoms. The zero-order valence-electron chi connectivity index (χ0n) is 52.2. The summed E-state index contributed by atoms with van der Waals surface area (Å²) in [7, 11) is 0. The predicted molar refractivity (Wildman–Crippen MR) is 352 cm³/mol. The van der Waals surface area contributed by atoms with E-state index in [9.17, 15) is 14.4 Å². The molecule has 0 N–H and O–H groups in total. The second-order valence-corrected chi connectivity index (χ2v) is 21.3. The molecule has 1 atom stereocenters. The summed E-state index contributed by atoms with van der Waals surface area (Å²) in [5.74, 6) is -0.951. The van der Waals surface area contributed by atoms with Gasteiger partial charge in [0.2, 0.25) is 0 Å². The second-order valence-electron chi connectivity index (χ2n) is 21.3. The number of carbonyl (C=O) groups excluding carboxylic acids is 3. The molecule has 6 nitrogen and oxygen atoms in total. The average Bonchev–Trinajstić information content (AvgIpc) is 3.47. The van der Waals surface area contributed by atoms with Gasteiger partial charge in [0.1, 0.15) is 13.2 Å². The molecule has 456 valence electrons. The van der Waals surface area contributed by atoms with Crippen molar-refractivity contribution in [1.82, 2.24) is 0 Å². The molecule has 0 amide bonds. The van der Waals surface area contributed by atoms with Gasteiger partial charge in [-0.3, -0.25) is 14.4 Å². The number of hydrogen-bond acceptors (Lipinski definition) is 6. The summed E-state index contributed by atoms with van der Waals surface area (Å²) in [6, 6.07) is 0. The lowest BCUT2D eigenvalue weighted by Gasteiger charge is -2.18. The van der Waals surface area contributed by atoms with Crippen molar-refractivity contribution >= 4 is 17.9 Å². The van der Waals surface area contributed by atoms with Crippen molar-refractivity contribution in [3.8, 4) is 0 Å². The highest BCUT2D eigenvalue weighted by atomic mass is 16.6. The maximum absolute atomic E-state index is 12.9. The predicted octanol–water partition coefficient (Wildman–Crippen LogP) is 22.9. The molecule has 0 aliphatic carbocycles. The fourth-order valence-corrected chi connectivity index (χ4v) is 8.54. The lowest BCUT2D eigenvalue weighted by atomic mass is 10.1. The summed E-state index contributed by atoms with van der Waals surface area (Å²) in [4.78, 5) is 38.3. The third-order valence-corrected chi connectivity index (χ3v) is 13.5. The molecule has 0 fully saturated rings. The van der Waals surface area contributed by atoms with E-state index >= 15 is 0 Å². The van der Waals surface area contributed by atoms with Crippen molar-refractivity contribution in [1.29, 1.82) is 0 Å². The van der Waals surface area contributed by atoms with Crippen LogP contribution in [-0.2, 0) is 28.6 Å². The third-order valence-electron chi connectivity index (χ3n) is 13.5. The van der Waals surface area contributed by atoms with Crippen molar-refractivity contribution in [2.75, 3.05) is 13.2 Å². The van der Waals surface area contributed by atoms with Crippen LogP contribution in [-0.4, -0.2) is 37.2 Å². The Morgan fingerprint density at radius 3 is 0.802 bits per heavy atom. The summed E-state index contributed by atoms with van der Waals surface area (Å²) >= 11 is 0. The first-order valence-electron chi connectivity index (χ1n) is 33.0. The molecule has 0 radical (unpaired) electrons. The monoisotopic (exact) mass is 1120 g/mol. The maximum atomic E-state index is 12.9. The van der Waals surface area contributed by atoms with Gasteiger partial charge in [-0.2, -0.15) is 0 Å². The number of hydrogen-bond donors (Lipinski definition) is 0. The molecule has 0 heterocycles. The molecule has 0 spiro atoms. The number of unbranched alkanes of at least 4 members (excludes halogenated alkanes) is 21. The van der Waals surface area contributed by atoms with Crippen LogP contribution in [0.5, 0.6) is 0 Å². The second kappa shape index (κ2) is 67.5. The fourth-order valence-electron chi connectivity index (χ4n) is 8.54. The minimum atomic E-state index is -0.806. The van der Waals surface area contributed by atoms with Crippen LogP contribution in [0.2, 0.25) is 0 Å². The molecule has 1 unspecified atom stereocenters.